The van der Waals surface area contributed by atoms with Gasteiger partial charge in [0, 0.05) is 5.92 Å². The molecule has 3 aromatic rings. The number of benzene rings is 1. The molecule has 4 nitrogen and oxygen atoms in total. The van der Waals surface area contributed by atoms with E-state index in [0.717, 1.165) is 10.6 Å². The van der Waals surface area contributed by atoms with E-state index >= 15 is 0 Å². The number of fused-ring (bicyclic) bond motifs is 1. The van der Waals surface area contributed by atoms with Gasteiger partial charge in [-0.3, -0.25) is 9.36 Å². The topological polar surface area (TPSA) is 47.8 Å². The Bertz CT molecular complexity index is 909. The molecule has 1 atom stereocenters. The Hall–Kier alpha value is -1.72. The molecule has 1 aromatic carbocycles. The number of halogens is 1. The van der Waals surface area contributed by atoms with E-state index in [9.17, 15) is 4.79 Å². The number of hydrogen-bond donors (Lipinski definition) is 0. The maximum Gasteiger partial charge on any atom is 0.277 e. The lowest BCUT2D eigenvalue weighted by molar-refractivity contribution is 0.533. The van der Waals surface area contributed by atoms with Gasteiger partial charge in [-0.2, -0.15) is 0 Å². The van der Waals surface area contributed by atoms with Gasteiger partial charge in [0.25, 0.3) is 5.56 Å². The van der Waals surface area contributed by atoms with Gasteiger partial charge >= 0.3 is 0 Å². The van der Waals surface area contributed by atoms with E-state index in [-0.39, 0.29) is 5.56 Å². The Morgan fingerprint density at radius 2 is 2.00 bits per heavy atom. The highest BCUT2D eigenvalue weighted by Crippen LogP contribution is 2.30. The summed E-state index contributed by atoms with van der Waals surface area (Å²) in [5.41, 5.74) is 2.01. The lowest BCUT2D eigenvalue weighted by atomic mass is 9.99. The highest BCUT2D eigenvalue weighted by atomic mass is 35.5. The van der Waals surface area contributed by atoms with Crippen LogP contribution in [-0.2, 0) is 0 Å². The van der Waals surface area contributed by atoms with E-state index in [1.54, 1.807) is 6.07 Å². The van der Waals surface area contributed by atoms with Gasteiger partial charge in [0.2, 0.25) is 0 Å². The average Bonchev–Trinajstić information content (AvgIpc) is 2.93. The quantitative estimate of drug-likeness (QED) is 0.697. The van der Waals surface area contributed by atoms with Crippen molar-refractivity contribution in [1.29, 1.82) is 0 Å². The first-order chi connectivity index (χ1) is 10.9. The number of rotatable bonds is 3. The summed E-state index contributed by atoms with van der Waals surface area (Å²) in [6.45, 7) is 8.35. The monoisotopic (exact) mass is 347 g/mol. The third kappa shape index (κ3) is 2.79. The molecule has 3 rings (SSSR count). The molecule has 23 heavy (non-hydrogen) atoms. The summed E-state index contributed by atoms with van der Waals surface area (Å²) >= 11 is 7.72. The fourth-order valence-corrected chi connectivity index (χ4v) is 3.88. The van der Waals surface area contributed by atoms with Crippen LogP contribution in [-0.4, -0.2) is 14.5 Å². The van der Waals surface area contributed by atoms with E-state index in [0.29, 0.717) is 32.9 Å². The zero-order chi connectivity index (χ0) is 16.7. The molecule has 2 aromatic heterocycles. The Morgan fingerprint density at radius 1 is 1.26 bits per heavy atom. The Balaban J connectivity index is 2.22. The molecule has 1 unspecified atom stereocenters. The van der Waals surface area contributed by atoms with Crippen LogP contribution in [0.25, 0.3) is 16.0 Å². The van der Waals surface area contributed by atoms with Gasteiger partial charge < -0.3 is 0 Å². The van der Waals surface area contributed by atoms with Gasteiger partial charge in [0.1, 0.15) is 11.0 Å². The second-order valence-corrected chi connectivity index (χ2v) is 7.50. The average molecular weight is 348 g/mol. The van der Waals surface area contributed by atoms with Crippen molar-refractivity contribution in [2.24, 2.45) is 5.92 Å². The van der Waals surface area contributed by atoms with E-state index in [1.165, 1.54) is 22.2 Å². The molecule has 2 heterocycles. The van der Waals surface area contributed by atoms with Crippen LogP contribution >= 0.6 is 22.9 Å². The van der Waals surface area contributed by atoms with E-state index in [2.05, 4.69) is 30.7 Å². The zero-order valence-electron chi connectivity index (χ0n) is 13.5. The summed E-state index contributed by atoms with van der Waals surface area (Å²) < 4.78 is 2.09. The minimum absolute atomic E-state index is 0.120. The molecule has 0 aliphatic carbocycles. The van der Waals surface area contributed by atoms with Crippen molar-refractivity contribution in [3.63, 3.8) is 0 Å². The molecule has 6 heteroatoms. The number of nitrogens with zero attached hydrogens (tertiary/aromatic N) is 3. The van der Waals surface area contributed by atoms with Crippen LogP contribution in [0.5, 0.6) is 0 Å². The van der Waals surface area contributed by atoms with Crippen LogP contribution in [0.15, 0.2) is 29.3 Å². The molecule has 0 N–H and O–H groups in total. The predicted octanol–water partition coefficient (Wildman–Crippen LogP) is 4.56. The SMILES string of the molecule is Cc1cccc(Cl)c1-n1cnc2nc(C(C)C(C)C)sc2c1=O. The van der Waals surface area contributed by atoms with E-state index in [1.807, 2.05) is 19.1 Å². The van der Waals surface area contributed by atoms with Gasteiger partial charge in [-0.25, -0.2) is 9.97 Å². The number of para-hydroxylation sites is 1. The van der Waals surface area contributed by atoms with Crippen LogP contribution in [0.4, 0.5) is 0 Å². The van der Waals surface area contributed by atoms with Crippen molar-refractivity contribution in [3.8, 4) is 5.69 Å². The van der Waals surface area contributed by atoms with Crippen molar-refractivity contribution < 1.29 is 0 Å². The molecule has 0 saturated carbocycles. The molecule has 0 radical (unpaired) electrons. The Kier molecular flexibility index (Phi) is 4.25. The van der Waals surface area contributed by atoms with Crippen LogP contribution in [0.1, 0.15) is 37.3 Å². The first-order valence-corrected chi connectivity index (χ1v) is 8.73. The van der Waals surface area contributed by atoms with Crippen molar-refractivity contribution in [2.75, 3.05) is 0 Å². The highest BCUT2D eigenvalue weighted by molar-refractivity contribution is 7.18. The first-order valence-electron chi connectivity index (χ1n) is 7.53. The maximum atomic E-state index is 12.9. The smallest absolute Gasteiger partial charge is 0.267 e. The molecule has 120 valence electrons. The van der Waals surface area contributed by atoms with Gasteiger partial charge in [-0.1, -0.05) is 44.5 Å². The lowest BCUT2D eigenvalue weighted by Gasteiger charge is -2.10. The first kappa shape index (κ1) is 16.1. The summed E-state index contributed by atoms with van der Waals surface area (Å²) in [7, 11) is 0. The standard InChI is InChI=1S/C17H18ClN3OS/c1-9(2)11(4)16-20-15-14(23-16)17(22)21(8-19-15)13-10(3)6-5-7-12(13)18/h5-9,11H,1-4H3. The normalized spacial score (nSPS) is 13.0. The largest absolute Gasteiger partial charge is 0.277 e. The fraction of sp³-hybridized carbons (Fsp3) is 0.353. The van der Waals surface area contributed by atoms with Crippen molar-refractivity contribution in [3.05, 3.63) is 50.5 Å². The molecule has 0 saturated heterocycles. The molecule has 0 amide bonds. The molecule has 0 fully saturated rings. The predicted molar refractivity (Wildman–Crippen MR) is 96.0 cm³/mol. The molecule has 0 aliphatic heterocycles. The van der Waals surface area contributed by atoms with Crippen LogP contribution in [0, 0.1) is 12.8 Å². The van der Waals surface area contributed by atoms with E-state index < -0.39 is 0 Å². The minimum atomic E-state index is -0.120. The molecular weight excluding hydrogens is 330 g/mol. The summed E-state index contributed by atoms with van der Waals surface area (Å²) in [4.78, 5) is 21.8. The third-order valence-corrected chi connectivity index (χ3v) is 5.69. The summed E-state index contributed by atoms with van der Waals surface area (Å²) in [5.74, 6) is 0.757. The number of aromatic nitrogens is 3. The molecule has 0 bridgehead atoms. The van der Waals surface area contributed by atoms with Crippen molar-refractivity contribution >= 4 is 33.3 Å². The second-order valence-electron chi connectivity index (χ2n) is 6.06. The molecule has 0 spiro atoms. The molecule has 0 aliphatic rings. The van der Waals surface area contributed by atoms with Gasteiger partial charge in [-0.15, -0.1) is 11.3 Å². The van der Waals surface area contributed by atoms with Crippen LogP contribution < -0.4 is 5.56 Å². The van der Waals surface area contributed by atoms with Gasteiger partial charge in [0.15, 0.2) is 5.65 Å². The zero-order valence-corrected chi connectivity index (χ0v) is 15.1. The number of aryl methyl sites for hydroxylation is 1. The van der Waals surface area contributed by atoms with Crippen molar-refractivity contribution in [2.45, 2.75) is 33.6 Å². The Labute approximate surface area is 143 Å². The summed E-state index contributed by atoms with van der Waals surface area (Å²) in [6, 6.07) is 5.57. The number of hydrogen-bond acceptors (Lipinski definition) is 4. The van der Waals surface area contributed by atoms with Crippen LogP contribution in [0.3, 0.4) is 0 Å². The molecular formula is C17H18ClN3OS. The van der Waals surface area contributed by atoms with E-state index in [4.69, 9.17) is 11.6 Å². The number of thiazole rings is 1. The summed E-state index contributed by atoms with van der Waals surface area (Å²) in [5, 5.41) is 1.49. The van der Waals surface area contributed by atoms with Gasteiger partial charge in [0.05, 0.1) is 15.7 Å². The van der Waals surface area contributed by atoms with Crippen molar-refractivity contribution in [1.82, 2.24) is 14.5 Å². The van der Waals surface area contributed by atoms with Gasteiger partial charge in [-0.05, 0) is 24.5 Å². The minimum Gasteiger partial charge on any atom is -0.267 e. The Morgan fingerprint density at radius 3 is 2.65 bits per heavy atom. The third-order valence-electron chi connectivity index (χ3n) is 4.15. The maximum absolute atomic E-state index is 12.9. The fourth-order valence-electron chi connectivity index (χ4n) is 2.40. The lowest BCUT2D eigenvalue weighted by Crippen LogP contribution is -2.19. The summed E-state index contributed by atoms with van der Waals surface area (Å²) in [6.07, 6.45) is 1.52. The second kappa shape index (κ2) is 6.06. The highest BCUT2D eigenvalue weighted by Gasteiger charge is 2.19. The van der Waals surface area contributed by atoms with Crippen LogP contribution in [0.2, 0.25) is 5.02 Å².